The van der Waals surface area contributed by atoms with Gasteiger partial charge in [0.1, 0.15) is 29.2 Å². The van der Waals surface area contributed by atoms with E-state index in [9.17, 15) is 19.7 Å². The highest BCUT2D eigenvalue weighted by Gasteiger charge is 2.37. The molecule has 2 aliphatic rings. The van der Waals surface area contributed by atoms with E-state index in [1.807, 2.05) is 0 Å². The highest BCUT2D eigenvalue weighted by Crippen LogP contribution is 2.37. The minimum atomic E-state index is -1.20. The molecule has 0 aliphatic carbocycles. The van der Waals surface area contributed by atoms with Gasteiger partial charge in [0.05, 0.1) is 24.3 Å². The lowest BCUT2D eigenvalue weighted by molar-refractivity contribution is -0.141. The number of fused-ring (bicyclic) bond motifs is 1. The second-order valence-electron chi connectivity index (χ2n) is 6.72. The fourth-order valence-electron chi connectivity index (χ4n) is 3.28. The Morgan fingerprint density at radius 2 is 2.21 bits per heavy atom. The van der Waals surface area contributed by atoms with Crippen molar-refractivity contribution in [3.05, 3.63) is 39.8 Å². The number of thiazole rings is 1. The summed E-state index contributed by atoms with van der Waals surface area (Å²) in [5.41, 5.74) is 8.69. The fourth-order valence-corrected chi connectivity index (χ4v) is 3.88. The summed E-state index contributed by atoms with van der Waals surface area (Å²) in [6.07, 6.45) is 0.582. The normalized spacial score (nSPS) is 17.4. The number of carbonyl (C=O) groups excluding carboxylic acids is 1. The molecule has 0 bridgehead atoms. The van der Waals surface area contributed by atoms with Gasteiger partial charge in [0.2, 0.25) is 5.91 Å². The second-order valence-corrected chi connectivity index (χ2v) is 7.44. The molecule has 11 heteroatoms. The van der Waals surface area contributed by atoms with Crippen molar-refractivity contribution in [2.24, 2.45) is 5.73 Å². The Kier molecular flexibility index (Phi) is 4.96. The van der Waals surface area contributed by atoms with Gasteiger partial charge in [0, 0.05) is 5.38 Å². The average molecular weight is 403 g/mol. The van der Waals surface area contributed by atoms with Crippen molar-refractivity contribution in [2.75, 3.05) is 13.1 Å². The Hall–Kier alpha value is -2.63. The molecule has 1 aromatic heterocycles. The number of aromatic carboxylic acids is 1. The third kappa shape index (κ3) is 3.43. The predicted molar refractivity (Wildman–Crippen MR) is 101 cm³/mol. The van der Waals surface area contributed by atoms with E-state index in [2.05, 4.69) is 4.98 Å². The molecule has 0 radical (unpaired) electrons. The summed E-state index contributed by atoms with van der Waals surface area (Å²) in [7, 11) is -1.04. The zero-order chi connectivity index (χ0) is 19.8. The number of amides is 1. The molecule has 2 aliphatic heterocycles. The number of nitrogens with two attached hydrogens (primary N) is 1. The number of likely N-dealkylation sites (tertiary alicyclic amines) is 1. The van der Waals surface area contributed by atoms with Crippen molar-refractivity contribution in [1.29, 1.82) is 0 Å². The third-order valence-corrected chi connectivity index (χ3v) is 5.42. The zero-order valence-electron chi connectivity index (χ0n) is 14.8. The number of carboxylic acid groups (broad SMARTS) is 1. The lowest BCUT2D eigenvalue weighted by atomic mass is 9.78. The van der Waals surface area contributed by atoms with E-state index < -0.39 is 19.1 Å². The molecule has 1 unspecified atom stereocenters. The molecule has 9 nitrogen and oxygen atoms in total. The van der Waals surface area contributed by atoms with Crippen LogP contribution < -0.4 is 15.1 Å². The Bertz CT molecular complexity index is 903. The van der Waals surface area contributed by atoms with E-state index in [0.717, 1.165) is 5.56 Å². The molecule has 146 valence electrons. The van der Waals surface area contributed by atoms with Crippen LogP contribution in [-0.4, -0.2) is 58.2 Å². The van der Waals surface area contributed by atoms with E-state index in [0.29, 0.717) is 31.5 Å². The number of aryl methyl sites for hydroxylation is 1. The fraction of sp³-hybridized carbons (Fsp3) is 0.353. The molecule has 0 saturated carbocycles. The van der Waals surface area contributed by atoms with E-state index in [-0.39, 0.29) is 29.1 Å². The van der Waals surface area contributed by atoms with Gasteiger partial charge in [-0.05, 0) is 24.4 Å². The van der Waals surface area contributed by atoms with E-state index in [1.54, 1.807) is 27.9 Å². The monoisotopic (exact) mass is 403 g/mol. The number of rotatable bonds is 5. The number of aromatic nitrogens is 1. The molecule has 3 heterocycles. The molecule has 0 spiro atoms. The Morgan fingerprint density at radius 1 is 1.43 bits per heavy atom. The van der Waals surface area contributed by atoms with Gasteiger partial charge in [0.15, 0.2) is 0 Å². The third-order valence-electron chi connectivity index (χ3n) is 4.82. The number of ether oxygens (including phenoxy) is 1. The summed E-state index contributed by atoms with van der Waals surface area (Å²) >= 11 is 1.37. The quantitative estimate of drug-likeness (QED) is 0.616. The molecular weight excluding hydrogens is 385 g/mol. The summed E-state index contributed by atoms with van der Waals surface area (Å²) in [5.74, 6) is -1.15. The van der Waals surface area contributed by atoms with Gasteiger partial charge < -0.3 is 30.2 Å². The Balaban J connectivity index is 1.44. The summed E-state index contributed by atoms with van der Waals surface area (Å²) < 4.78 is 11.1. The van der Waals surface area contributed by atoms with Crippen LogP contribution in [0.25, 0.3) is 0 Å². The van der Waals surface area contributed by atoms with Gasteiger partial charge in [-0.3, -0.25) is 4.79 Å². The van der Waals surface area contributed by atoms with Gasteiger partial charge in [0.25, 0.3) is 0 Å². The van der Waals surface area contributed by atoms with Crippen molar-refractivity contribution in [1.82, 2.24) is 9.88 Å². The van der Waals surface area contributed by atoms with E-state index >= 15 is 0 Å². The molecule has 28 heavy (non-hydrogen) atoms. The maximum atomic E-state index is 12.4. The number of benzene rings is 1. The van der Waals surface area contributed by atoms with Crippen molar-refractivity contribution in [3.63, 3.8) is 0 Å². The topological polar surface area (TPSA) is 135 Å². The van der Waals surface area contributed by atoms with Gasteiger partial charge in [-0.25, -0.2) is 9.78 Å². The van der Waals surface area contributed by atoms with Crippen LogP contribution in [0.15, 0.2) is 23.0 Å². The maximum absolute atomic E-state index is 12.4. The van der Waals surface area contributed by atoms with Crippen LogP contribution in [-0.2, 0) is 11.2 Å². The number of nitrogens with zero attached hydrogens (tertiary/aromatic N) is 2. The van der Waals surface area contributed by atoms with Crippen LogP contribution in [0, 0.1) is 0 Å². The number of hydrogen-bond donors (Lipinski definition) is 3. The second kappa shape index (κ2) is 7.42. The first-order chi connectivity index (χ1) is 13.4. The first kappa shape index (κ1) is 18.7. The molecule has 1 saturated heterocycles. The largest absolute Gasteiger partial charge is 0.535 e. The van der Waals surface area contributed by atoms with Crippen LogP contribution in [0.5, 0.6) is 11.5 Å². The van der Waals surface area contributed by atoms with Crippen molar-refractivity contribution >= 4 is 30.3 Å². The van der Waals surface area contributed by atoms with Crippen molar-refractivity contribution < 1.29 is 29.1 Å². The molecule has 1 aromatic carbocycles. The first-order valence-electron chi connectivity index (χ1n) is 8.77. The summed E-state index contributed by atoms with van der Waals surface area (Å²) in [6, 6.07) is 2.51. The van der Waals surface area contributed by atoms with Gasteiger partial charge in [-0.2, -0.15) is 0 Å². The minimum Gasteiger partial charge on any atom is -0.535 e. The van der Waals surface area contributed by atoms with Crippen LogP contribution in [0.1, 0.15) is 27.7 Å². The lowest BCUT2D eigenvalue weighted by Crippen LogP contribution is -2.58. The Labute approximate surface area is 164 Å². The number of hydrogen-bond acceptors (Lipinski definition) is 8. The number of carbonyl (C=O) groups is 2. The van der Waals surface area contributed by atoms with Crippen LogP contribution in [0.3, 0.4) is 0 Å². The number of carboxylic acids is 1. The average Bonchev–Trinajstić information content (AvgIpc) is 3.17. The van der Waals surface area contributed by atoms with Gasteiger partial charge >= 0.3 is 13.1 Å². The smallest absolute Gasteiger partial charge is 0.522 e. The molecule has 2 aromatic rings. The highest BCUT2D eigenvalue weighted by molar-refractivity contribution is 7.07. The molecular formula is C17H18BN3O6S. The predicted octanol–water partition coefficient (Wildman–Crippen LogP) is 0.546. The van der Waals surface area contributed by atoms with Crippen LogP contribution >= 0.6 is 11.3 Å². The summed E-state index contributed by atoms with van der Waals surface area (Å²) in [5, 5.41) is 21.0. The summed E-state index contributed by atoms with van der Waals surface area (Å²) in [4.78, 5) is 29.8. The minimum absolute atomic E-state index is 0.111. The van der Waals surface area contributed by atoms with Gasteiger partial charge in [-0.15, -0.1) is 11.3 Å². The molecule has 1 atom stereocenters. The van der Waals surface area contributed by atoms with Crippen molar-refractivity contribution in [3.8, 4) is 11.5 Å². The van der Waals surface area contributed by atoms with Crippen LogP contribution in [0.4, 0.5) is 0 Å². The molecule has 4 N–H and O–H groups in total. The van der Waals surface area contributed by atoms with Crippen LogP contribution in [0.2, 0.25) is 6.32 Å². The SMILES string of the molecule is NC(C(=O)N1CC(Oc2ccc3c(c2C(=O)O)OB(O)CC3)C1)c1cscn1. The molecule has 1 amide bonds. The Morgan fingerprint density at radius 3 is 2.89 bits per heavy atom. The van der Waals surface area contributed by atoms with Crippen molar-refractivity contribution in [2.45, 2.75) is 24.9 Å². The first-order valence-corrected chi connectivity index (χ1v) is 9.71. The lowest BCUT2D eigenvalue weighted by Gasteiger charge is -2.40. The molecule has 4 rings (SSSR count). The highest BCUT2D eigenvalue weighted by atomic mass is 32.1. The van der Waals surface area contributed by atoms with Gasteiger partial charge in [-0.1, -0.05) is 6.07 Å². The zero-order valence-corrected chi connectivity index (χ0v) is 15.6. The van der Waals surface area contributed by atoms with E-state index in [4.69, 9.17) is 15.1 Å². The molecule has 1 fully saturated rings. The maximum Gasteiger partial charge on any atom is 0.522 e. The standard InChI is InChI=1S/C17H18BN3O6S/c19-14(11-7-28-8-20-11)16(22)21-5-10(6-21)26-12-2-1-9-3-4-18(25)27-15(9)13(12)17(23)24/h1-2,7-8,10,14,25H,3-6,19H2,(H,23,24). The summed E-state index contributed by atoms with van der Waals surface area (Å²) in [6.45, 7) is 0.604. The van der Waals surface area contributed by atoms with E-state index in [1.165, 1.54) is 11.3 Å².